The SMILES string of the molecule is O=C(O)c1cccc(C2c3[nH]c4ccccc4c3CCN2C(=O)c2cccc(-c3nn[nH]n3)c2)c1. The lowest BCUT2D eigenvalue weighted by molar-refractivity contribution is 0.0691. The average Bonchev–Trinajstić information content (AvgIpc) is 3.56. The second kappa shape index (κ2) is 8.21. The highest BCUT2D eigenvalue weighted by atomic mass is 16.4. The minimum absolute atomic E-state index is 0.162. The molecule has 35 heavy (non-hydrogen) atoms. The highest BCUT2D eigenvalue weighted by Gasteiger charge is 2.35. The van der Waals surface area contributed by atoms with E-state index < -0.39 is 12.0 Å². The molecule has 3 N–H and O–H groups in total. The lowest BCUT2D eigenvalue weighted by atomic mass is 9.91. The molecule has 1 aliphatic rings. The average molecular weight is 464 g/mol. The van der Waals surface area contributed by atoms with Gasteiger partial charge in [0.05, 0.1) is 11.6 Å². The summed E-state index contributed by atoms with van der Waals surface area (Å²) in [6.45, 7) is 0.488. The molecule has 3 aromatic carbocycles. The predicted octanol–water partition coefficient (Wildman–Crippen LogP) is 3.83. The van der Waals surface area contributed by atoms with Gasteiger partial charge in [-0.25, -0.2) is 4.79 Å². The molecule has 0 fully saturated rings. The van der Waals surface area contributed by atoms with Crippen LogP contribution in [0.25, 0.3) is 22.3 Å². The third kappa shape index (κ3) is 3.54. The summed E-state index contributed by atoms with van der Waals surface area (Å²) in [5.74, 6) is -0.766. The molecule has 9 heteroatoms. The van der Waals surface area contributed by atoms with Crippen LogP contribution in [0.1, 0.15) is 43.6 Å². The number of aromatic amines is 2. The zero-order valence-corrected chi connectivity index (χ0v) is 18.5. The van der Waals surface area contributed by atoms with E-state index in [2.05, 4.69) is 31.7 Å². The summed E-state index contributed by atoms with van der Waals surface area (Å²) in [4.78, 5) is 30.9. The van der Waals surface area contributed by atoms with E-state index in [9.17, 15) is 14.7 Å². The number of para-hydroxylation sites is 1. The number of hydrogen-bond acceptors (Lipinski definition) is 5. The van der Waals surface area contributed by atoms with Crippen molar-refractivity contribution in [3.8, 4) is 11.4 Å². The molecule has 9 nitrogen and oxygen atoms in total. The second-order valence-corrected chi connectivity index (χ2v) is 8.46. The van der Waals surface area contributed by atoms with Crippen LogP contribution in [0.2, 0.25) is 0 Å². The third-order valence-corrected chi connectivity index (χ3v) is 6.46. The van der Waals surface area contributed by atoms with Gasteiger partial charge in [-0.15, -0.1) is 10.2 Å². The Kier molecular flexibility index (Phi) is 4.88. The summed E-state index contributed by atoms with van der Waals surface area (Å²) in [6, 6.07) is 21.5. The number of aromatic carboxylic acids is 1. The second-order valence-electron chi connectivity index (χ2n) is 8.46. The van der Waals surface area contributed by atoms with Crippen LogP contribution in [0.3, 0.4) is 0 Å². The number of nitrogens with one attached hydrogen (secondary N) is 2. The zero-order valence-electron chi connectivity index (χ0n) is 18.5. The van der Waals surface area contributed by atoms with Crippen LogP contribution in [0.15, 0.2) is 72.8 Å². The number of carboxylic acids is 1. The Morgan fingerprint density at radius 2 is 1.80 bits per heavy atom. The number of amides is 1. The van der Waals surface area contributed by atoms with Gasteiger partial charge in [0, 0.05) is 34.3 Å². The number of carbonyl (C=O) groups is 2. The van der Waals surface area contributed by atoms with Crippen molar-refractivity contribution in [2.24, 2.45) is 0 Å². The Bertz CT molecular complexity index is 1570. The molecule has 1 aliphatic heterocycles. The molecular formula is C26H20N6O3. The summed E-state index contributed by atoms with van der Waals surface area (Å²) in [7, 11) is 0. The highest BCUT2D eigenvalue weighted by molar-refractivity contribution is 5.97. The summed E-state index contributed by atoms with van der Waals surface area (Å²) in [5, 5.41) is 24.7. The number of rotatable bonds is 4. The summed E-state index contributed by atoms with van der Waals surface area (Å²) >= 11 is 0. The maximum atomic E-state index is 13.9. The first-order valence-electron chi connectivity index (χ1n) is 11.2. The molecule has 172 valence electrons. The Hall–Kier alpha value is -4.79. The maximum Gasteiger partial charge on any atom is 0.335 e. The van der Waals surface area contributed by atoms with Gasteiger partial charge in [0.25, 0.3) is 5.91 Å². The van der Waals surface area contributed by atoms with Crippen molar-refractivity contribution in [1.29, 1.82) is 0 Å². The van der Waals surface area contributed by atoms with Gasteiger partial charge in [-0.1, -0.05) is 42.5 Å². The Balaban J connectivity index is 1.48. The van der Waals surface area contributed by atoms with Crippen molar-refractivity contribution in [2.75, 3.05) is 6.54 Å². The van der Waals surface area contributed by atoms with E-state index >= 15 is 0 Å². The molecule has 1 unspecified atom stereocenters. The van der Waals surface area contributed by atoms with Crippen molar-refractivity contribution >= 4 is 22.8 Å². The molecule has 0 saturated heterocycles. The Morgan fingerprint density at radius 1 is 0.971 bits per heavy atom. The molecule has 0 bridgehead atoms. The van der Waals surface area contributed by atoms with E-state index in [1.807, 2.05) is 30.3 Å². The van der Waals surface area contributed by atoms with E-state index in [1.165, 1.54) is 0 Å². The lowest BCUT2D eigenvalue weighted by Gasteiger charge is -2.36. The van der Waals surface area contributed by atoms with E-state index in [-0.39, 0.29) is 11.5 Å². The molecule has 3 heterocycles. The standard InChI is InChI=1S/C26H20N6O3/c33-25(17-7-4-6-16(14-17)24-28-30-31-29-24)32-12-11-20-19-9-1-2-10-21(19)27-22(20)23(32)15-5-3-8-18(13-15)26(34)35/h1-10,13-14,23,27H,11-12H2,(H,34,35)(H,28,29,30,31). The zero-order chi connectivity index (χ0) is 23.9. The quantitative estimate of drug-likeness (QED) is 0.371. The third-order valence-electron chi connectivity index (χ3n) is 6.46. The number of H-pyrrole nitrogens is 2. The highest BCUT2D eigenvalue weighted by Crippen LogP contribution is 2.39. The molecule has 5 aromatic rings. The van der Waals surface area contributed by atoms with Crippen LogP contribution in [0.4, 0.5) is 0 Å². The van der Waals surface area contributed by atoms with Crippen LogP contribution in [0.5, 0.6) is 0 Å². The normalized spacial score (nSPS) is 15.2. The first kappa shape index (κ1) is 20.8. The minimum atomic E-state index is -1.01. The van der Waals surface area contributed by atoms with Crippen molar-refractivity contribution in [1.82, 2.24) is 30.5 Å². The van der Waals surface area contributed by atoms with Crippen molar-refractivity contribution in [3.63, 3.8) is 0 Å². The molecule has 0 saturated carbocycles. The predicted molar refractivity (Wildman–Crippen MR) is 128 cm³/mol. The molecule has 1 amide bonds. The lowest BCUT2D eigenvalue weighted by Crippen LogP contribution is -2.40. The number of carbonyl (C=O) groups excluding carboxylic acids is 1. The van der Waals surface area contributed by atoms with Crippen LogP contribution in [-0.4, -0.2) is 54.0 Å². The maximum absolute atomic E-state index is 13.9. The number of benzene rings is 3. The van der Waals surface area contributed by atoms with Crippen molar-refractivity contribution in [3.05, 3.63) is 101 Å². The van der Waals surface area contributed by atoms with Gasteiger partial charge in [0.2, 0.25) is 5.82 Å². The molecule has 1 atom stereocenters. The smallest absolute Gasteiger partial charge is 0.335 e. The fraction of sp³-hybridized carbons (Fsp3) is 0.115. The van der Waals surface area contributed by atoms with Crippen LogP contribution in [-0.2, 0) is 6.42 Å². The van der Waals surface area contributed by atoms with Gasteiger partial charge >= 0.3 is 5.97 Å². The number of tetrazole rings is 1. The summed E-state index contributed by atoms with van der Waals surface area (Å²) in [6.07, 6.45) is 0.685. The molecule has 0 radical (unpaired) electrons. The van der Waals surface area contributed by atoms with E-state index in [0.29, 0.717) is 29.9 Å². The van der Waals surface area contributed by atoms with Crippen LogP contribution >= 0.6 is 0 Å². The van der Waals surface area contributed by atoms with E-state index in [0.717, 1.165) is 27.7 Å². The molecule has 0 aliphatic carbocycles. The first-order chi connectivity index (χ1) is 17.1. The molecule has 2 aromatic heterocycles. The minimum Gasteiger partial charge on any atom is -0.478 e. The van der Waals surface area contributed by atoms with Gasteiger partial charge in [-0.2, -0.15) is 5.21 Å². The largest absolute Gasteiger partial charge is 0.478 e. The number of fused-ring (bicyclic) bond motifs is 3. The Labute approximate surface area is 199 Å². The van der Waals surface area contributed by atoms with E-state index in [1.54, 1.807) is 41.3 Å². The fourth-order valence-electron chi connectivity index (χ4n) is 4.89. The number of nitrogens with zero attached hydrogens (tertiary/aromatic N) is 4. The van der Waals surface area contributed by atoms with Gasteiger partial charge in [0.15, 0.2) is 0 Å². The van der Waals surface area contributed by atoms with Crippen LogP contribution in [0, 0.1) is 0 Å². The molecule has 0 spiro atoms. The van der Waals surface area contributed by atoms with E-state index in [4.69, 9.17) is 0 Å². The van der Waals surface area contributed by atoms with Crippen molar-refractivity contribution < 1.29 is 14.7 Å². The fourth-order valence-corrected chi connectivity index (χ4v) is 4.89. The number of aromatic nitrogens is 5. The Morgan fingerprint density at radius 3 is 2.63 bits per heavy atom. The number of hydrogen-bond donors (Lipinski definition) is 3. The summed E-state index contributed by atoms with van der Waals surface area (Å²) < 4.78 is 0. The first-order valence-corrected chi connectivity index (χ1v) is 11.2. The monoisotopic (exact) mass is 464 g/mol. The molecule has 6 rings (SSSR count). The van der Waals surface area contributed by atoms with Gasteiger partial charge in [0.1, 0.15) is 0 Å². The number of carboxylic acid groups (broad SMARTS) is 1. The molecular weight excluding hydrogens is 444 g/mol. The van der Waals surface area contributed by atoms with Crippen molar-refractivity contribution in [2.45, 2.75) is 12.5 Å². The summed E-state index contributed by atoms with van der Waals surface area (Å²) in [5.41, 5.74) is 5.13. The van der Waals surface area contributed by atoms with Gasteiger partial charge in [-0.3, -0.25) is 4.79 Å². The van der Waals surface area contributed by atoms with Gasteiger partial charge < -0.3 is 15.0 Å². The van der Waals surface area contributed by atoms with Crippen LogP contribution < -0.4 is 0 Å². The topological polar surface area (TPSA) is 128 Å². The van der Waals surface area contributed by atoms with Gasteiger partial charge in [-0.05, 0) is 53.1 Å².